The van der Waals surface area contributed by atoms with Gasteiger partial charge in [0, 0.05) is 35.3 Å². The summed E-state index contributed by atoms with van der Waals surface area (Å²) in [6.45, 7) is 0. The van der Waals surface area contributed by atoms with Crippen molar-refractivity contribution in [2.75, 3.05) is 19.5 Å². The minimum absolute atomic E-state index is 0.302. The Morgan fingerprint density at radius 3 is 2.39 bits per heavy atom. The highest BCUT2D eigenvalue weighted by atomic mass is 16.5. The quantitative estimate of drug-likeness (QED) is 0.479. The maximum absolute atomic E-state index is 13.1. The molecule has 2 aromatic heterocycles. The van der Waals surface area contributed by atoms with Gasteiger partial charge >= 0.3 is 0 Å². The van der Waals surface area contributed by atoms with Crippen molar-refractivity contribution in [2.45, 2.75) is 0 Å². The van der Waals surface area contributed by atoms with Gasteiger partial charge in [0.05, 0.1) is 31.2 Å². The Kier molecular flexibility index (Phi) is 5.89. The van der Waals surface area contributed by atoms with Gasteiger partial charge in [-0.1, -0.05) is 42.5 Å². The van der Waals surface area contributed by atoms with Crippen molar-refractivity contribution in [1.82, 2.24) is 9.97 Å². The second-order valence-corrected chi connectivity index (χ2v) is 6.72. The van der Waals surface area contributed by atoms with E-state index in [4.69, 9.17) is 9.47 Å². The molecule has 0 aliphatic rings. The minimum atomic E-state index is -0.302. The third-order valence-electron chi connectivity index (χ3n) is 4.82. The maximum Gasteiger partial charge on any atom is 0.257 e. The van der Waals surface area contributed by atoms with E-state index in [0.717, 1.165) is 22.4 Å². The second kappa shape index (κ2) is 9.09. The number of benzene rings is 2. The van der Waals surface area contributed by atoms with Gasteiger partial charge in [-0.15, -0.1) is 0 Å². The summed E-state index contributed by atoms with van der Waals surface area (Å²) >= 11 is 0. The predicted octanol–water partition coefficient (Wildman–Crippen LogP) is 5.08. The molecular weight excluding hydrogens is 390 g/mol. The molecule has 1 amide bonds. The van der Waals surface area contributed by atoms with Gasteiger partial charge < -0.3 is 14.8 Å². The van der Waals surface area contributed by atoms with Gasteiger partial charge in [-0.05, 0) is 24.3 Å². The van der Waals surface area contributed by atoms with Crippen molar-refractivity contribution in [1.29, 1.82) is 0 Å². The summed E-state index contributed by atoms with van der Waals surface area (Å²) in [6, 6.07) is 20.8. The number of carbonyl (C=O) groups is 1. The van der Waals surface area contributed by atoms with Crippen LogP contribution in [0.25, 0.3) is 22.4 Å². The van der Waals surface area contributed by atoms with Crippen LogP contribution in [0.3, 0.4) is 0 Å². The molecule has 0 bridgehead atoms. The van der Waals surface area contributed by atoms with Gasteiger partial charge in [-0.2, -0.15) is 0 Å². The number of nitrogens with zero attached hydrogens (tertiary/aromatic N) is 2. The van der Waals surface area contributed by atoms with Crippen molar-refractivity contribution in [3.05, 3.63) is 90.9 Å². The van der Waals surface area contributed by atoms with Crippen LogP contribution in [0.15, 0.2) is 85.3 Å². The summed E-state index contributed by atoms with van der Waals surface area (Å²) in [5, 5.41) is 2.89. The molecule has 0 fully saturated rings. The highest BCUT2D eigenvalue weighted by Gasteiger charge is 2.17. The number of rotatable bonds is 6. The van der Waals surface area contributed by atoms with Crippen LogP contribution in [0.2, 0.25) is 0 Å². The molecule has 31 heavy (non-hydrogen) atoms. The van der Waals surface area contributed by atoms with Crippen LogP contribution in [0, 0.1) is 0 Å². The van der Waals surface area contributed by atoms with Crippen LogP contribution in [0.5, 0.6) is 11.5 Å². The first-order valence-electron chi connectivity index (χ1n) is 9.69. The van der Waals surface area contributed by atoms with Crippen LogP contribution in [-0.2, 0) is 0 Å². The van der Waals surface area contributed by atoms with Crippen LogP contribution >= 0.6 is 0 Å². The van der Waals surface area contributed by atoms with Crippen LogP contribution < -0.4 is 14.8 Å². The average Bonchev–Trinajstić information content (AvgIpc) is 2.84. The molecule has 0 unspecified atom stereocenters. The molecule has 2 aromatic carbocycles. The fourth-order valence-electron chi connectivity index (χ4n) is 3.34. The summed E-state index contributed by atoms with van der Waals surface area (Å²) in [5.41, 5.74) is 4.38. The summed E-state index contributed by atoms with van der Waals surface area (Å²) < 4.78 is 10.7. The molecule has 2 heterocycles. The number of methoxy groups -OCH3 is 2. The molecule has 0 radical (unpaired) electrons. The lowest BCUT2D eigenvalue weighted by Crippen LogP contribution is -2.13. The van der Waals surface area contributed by atoms with Crippen LogP contribution in [-0.4, -0.2) is 30.1 Å². The van der Waals surface area contributed by atoms with Crippen molar-refractivity contribution in [2.24, 2.45) is 0 Å². The Morgan fingerprint density at radius 1 is 0.871 bits per heavy atom. The number of pyridine rings is 2. The molecule has 0 saturated heterocycles. The first-order valence-corrected chi connectivity index (χ1v) is 9.69. The Hall–Kier alpha value is -4.19. The summed E-state index contributed by atoms with van der Waals surface area (Å²) in [6.07, 6.45) is 5.05. The third-order valence-corrected chi connectivity index (χ3v) is 4.82. The van der Waals surface area contributed by atoms with Gasteiger partial charge in [0.25, 0.3) is 5.91 Å². The number of aromatic nitrogens is 2. The molecule has 6 nitrogen and oxygen atoms in total. The summed E-state index contributed by atoms with van der Waals surface area (Å²) in [5.74, 6) is 0.692. The van der Waals surface area contributed by atoms with E-state index in [1.807, 2.05) is 48.5 Å². The van der Waals surface area contributed by atoms with E-state index < -0.39 is 0 Å². The lowest BCUT2D eigenvalue weighted by molar-refractivity contribution is 0.102. The predicted molar refractivity (Wildman–Crippen MR) is 120 cm³/mol. The van der Waals surface area contributed by atoms with Gasteiger partial charge in [0.15, 0.2) is 11.5 Å². The first-order chi connectivity index (χ1) is 15.2. The van der Waals surface area contributed by atoms with Gasteiger partial charge in [-0.3, -0.25) is 14.8 Å². The zero-order valence-electron chi connectivity index (χ0n) is 17.2. The van der Waals surface area contributed by atoms with E-state index in [1.54, 1.807) is 43.9 Å². The number of ether oxygens (including phenoxy) is 2. The largest absolute Gasteiger partial charge is 0.493 e. The van der Waals surface area contributed by atoms with Gasteiger partial charge in [-0.25, -0.2) is 0 Å². The van der Waals surface area contributed by atoms with E-state index in [2.05, 4.69) is 15.3 Å². The number of amides is 1. The Morgan fingerprint density at radius 2 is 1.68 bits per heavy atom. The molecule has 1 N–H and O–H groups in total. The Bertz CT molecular complexity index is 1200. The van der Waals surface area contributed by atoms with Crippen molar-refractivity contribution >= 4 is 11.6 Å². The van der Waals surface area contributed by atoms with E-state index in [0.29, 0.717) is 22.7 Å². The molecule has 0 saturated carbocycles. The second-order valence-electron chi connectivity index (χ2n) is 6.72. The molecule has 4 rings (SSSR count). The summed E-state index contributed by atoms with van der Waals surface area (Å²) in [4.78, 5) is 21.9. The number of carbonyl (C=O) groups excluding carboxylic acids is 1. The molecule has 0 aliphatic heterocycles. The summed E-state index contributed by atoms with van der Waals surface area (Å²) in [7, 11) is 3.08. The SMILES string of the molecule is COc1cccc(NC(=O)c2cnc(-c3ccccc3)c(-c3cccnc3)c2)c1OC. The Labute approximate surface area is 180 Å². The maximum atomic E-state index is 13.1. The normalized spacial score (nSPS) is 10.4. The molecule has 0 aliphatic carbocycles. The van der Waals surface area contributed by atoms with Crippen LogP contribution in [0.1, 0.15) is 10.4 Å². The first kappa shape index (κ1) is 20.1. The van der Waals surface area contributed by atoms with E-state index >= 15 is 0 Å². The van der Waals surface area contributed by atoms with E-state index in [9.17, 15) is 4.79 Å². The minimum Gasteiger partial charge on any atom is -0.493 e. The zero-order valence-corrected chi connectivity index (χ0v) is 17.2. The monoisotopic (exact) mass is 411 g/mol. The van der Waals surface area contributed by atoms with Crippen LogP contribution in [0.4, 0.5) is 5.69 Å². The fraction of sp³-hybridized carbons (Fsp3) is 0.0800. The molecule has 0 spiro atoms. The molecule has 154 valence electrons. The smallest absolute Gasteiger partial charge is 0.257 e. The number of hydrogen-bond donors (Lipinski definition) is 1. The van der Waals surface area contributed by atoms with Crippen molar-refractivity contribution in [3.63, 3.8) is 0 Å². The van der Waals surface area contributed by atoms with Gasteiger partial charge in [0.2, 0.25) is 0 Å². The number of hydrogen-bond acceptors (Lipinski definition) is 5. The van der Waals surface area contributed by atoms with Crippen molar-refractivity contribution in [3.8, 4) is 33.9 Å². The third kappa shape index (κ3) is 4.23. The highest BCUT2D eigenvalue weighted by Crippen LogP contribution is 2.35. The molecule has 0 atom stereocenters. The zero-order chi connectivity index (χ0) is 21.6. The molecule has 6 heteroatoms. The van der Waals surface area contributed by atoms with E-state index in [1.165, 1.54) is 7.11 Å². The number of anilines is 1. The Balaban J connectivity index is 1.74. The highest BCUT2D eigenvalue weighted by molar-refractivity contribution is 6.06. The average molecular weight is 411 g/mol. The number of para-hydroxylation sites is 1. The van der Waals surface area contributed by atoms with E-state index in [-0.39, 0.29) is 5.91 Å². The van der Waals surface area contributed by atoms with Gasteiger partial charge in [0.1, 0.15) is 0 Å². The lowest BCUT2D eigenvalue weighted by Gasteiger charge is -2.14. The standard InChI is InChI=1S/C25H21N3O3/c1-30-22-12-6-11-21(24(22)31-2)28-25(29)19-14-20(18-10-7-13-26-15-18)23(27-16-19)17-8-4-3-5-9-17/h3-16H,1-2H3,(H,28,29). The molecular formula is C25H21N3O3. The fourth-order valence-corrected chi connectivity index (χ4v) is 3.34. The topological polar surface area (TPSA) is 73.3 Å². The lowest BCUT2D eigenvalue weighted by atomic mass is 9.99. The number of nitrogens with one attached hydrogen (secondary N) is 1. The molecule has 4 aromatic rings. The van der Waals surface area contributed by atoms with Crippen molar-refractivity contribution < 1.29 is 14.3 Å².